The van der Waals surface area contributed by atoms with Crippen LogP contribution >= 0.6 is 0 Å². The highest BCUT2D eigenvalue weighted by Gasteiger charge is 2.28. The lowest BCUT2D eigenvalue weighted by molar-refractivity contribution is -0.122. The van der Waals surface area contributed by atoms with Gasteiger partial charge in [0.2, 0.25) is 15.9 Å². The van der Waals surface area contributed by atoms with E-state index < -0.39 is 10.0 Å². The molecule has 3 rings (SSSR count). The van der Waals surface area contributed by atoms with Gasteiger partial charge < -0.3 is 10.1 Å². The van der Waals surface area contributed by atoms with Crippen LogP contribution in [0.15, 0.2) is 53.4 Å². The highest BCUT2D eigenvalue weighted by Crippen LogP contribution is 2.18. The topological polar surface area (TPSA) is 79.0 Å². The Bertz CT molecular complexity index is 998. The van der Waals surface area contributed by atoms with Gasteiger partial charge in [-0.2, -0.15) is 4.31 Å². The van der Waals surface area contributed by atoms with Crippen LogP contribution in [0.25, 0.3) is 0 Å². The Balaban J connectivity index is 1.45. The molecule has 2 aromatic carbocycles. The van der Waals surface area contributed by atoms with Crippen molar-refractivity contribution in [3.8, 4) is 0 Å². The molecule has 8 heteroatoms. The Hall–Kier alpha value is -2.26. The minimum atomic E-state index is -3.50. The average molecular weight is 460 g/mol. The predicted molar refractivity (Wildman–Crippen MR) is 125 cm³/mol. The minimum absolute atomic E-state index is 0.0660. The number of sulfonamides is 1. The van der Waals surface area contributed by atoms with E-state index in [1.807, 2.05) is 49.9 Å². The third-order valence-corrected chi connectivity index (χ3v) is 7.33. The molecule has 0 unspecified atom stereocenters. The highest BCUT2D eigenvalue weighted by molar-refractivity contribution is 7.89. The van der Waals surface area contributed by atoms with Crippen molar-refractivity contribution >= 4 is 15.9 Å². The van der Waals surface area contributed by atoms with Crippen molar-refractivity contribution in [1.29, 1.82) is 0 Å². The van der Waals surface area contributed by atoms with Gasteiger partial charge in [-0.3, -0.25) is 9.69 Å². The molecule has 0 radical (unpaired) electrons. The fourth-order valence-electron chi connectivity index (χ4n) is 3.54. The number of benzene rings is 2. The molecule has 0 saturated carbocycles. The van der Waals surface area contributed by atoms with Gasteiger partial charge in [0.25, 0.3) is 0 Å². The molecule has 1 amide bonds. The molecule has 0 spiro atoms. The molecule has 0 bridgehead atoms. The first-order chi connectivity index (χ1) is 15.2. The Labute approximate surface area is 191 Å². The largest absolute Gasteiger partial charge is 0.374 e. The van der Waals surface area contributed by atoms with Crippen molar-refractivity contribution in [3.05, 3.63) is 65.2 Å². The zero-order chi connectivity index (χ0) is 23.1. The van der Waals surface area contributed by atoms with Gasteiger partial charge in [-0.25, -0.2) is 8.42 Å². The number of carbonyl (C=O) groups excluding carboxylic acids is 1. The zero-order valence-corrected chi connectivity index (χ0v) is 19.9. The molecule has 0 aliphatic carbocycles. The van der Waals surface area contributed by atoms with E-state index in [4.69, 9.17) is 4.74 Å². The van der Waals surface area contributed by atoms with Crippen LogP contribution in [-0.4, -0.2) is 62.4 Å². The normalized spacial score (nSPS) is 15.8. The molecule has 32 heavy (non-hydrogen) atoms. The Morgan fingerprint density at radius 3 is 2.34 bits per heavy atom. The summed E-state index contributed by atoms with van der Waals surface area (Å²) in [6.45, 7) is 9.01. The van der Waals surface area contributed by atoms with Gasteiger partial charge in [0.05, 0.1) is 24.2 Å². The van der Waals surface area contributed by atoms with Gasteiger partial charge in [-0.05, 0) is 44.0 Å². The average Bonchev–Trinajstić information content (AvgIpc) is 2.77. The summed E-state index contributed by atoms with van der Waals surface area (Å²) in [5.74, 6) is -0.0660. The number of aryl methyl sites for hydroxylation is 1. The molecule has 1 aliphatic rings. The lowest BCUT2D eigenvalue weighted by Crippen LogP contribution is -2.50. The molecule has 174 valence electrons. The summed E-state index contributed by atoms with van der Waals surface area (Å²) in [6, 6.07) is 14.9. The third kappa shape index (κ3) is 6.87. The lowest BCUT2D eigenvalue weighted by atomic mass is 10.1. The molecular formula is C24H33N3O4S. The molecule has 1 heterocycles. The SMILES string of the molecule is Cc1ccc(S(=O)(=O)N2CCN(CC(=O)NCc3cccc(COC(C)C)c3)CC2)cc1. The number of amides is 1. The molecule has 2 aromatic rings. The van der Waals surface area contributed by atoms with Crippen molar-refractivity contribution in [2.45, 2.75) is 44.9 Å². The van der Waals surface area contributed by atoms with Crippen LogP contribution in [-0.2, 0) is 32.7 Å². The summed E-state index contributed by atoms with van der Waals surface area (Å²) in [5.41, 5.74) is 3.13. The van der Waals surface area contributed by atoms with Crippen LogP contribution in [0.4, 0.5) is 0 Å². The second-order valence-electron chi connectivity index (χ2n) is 8.45. The summed E-state index contributed by atoms with van der Waals surface area (Å²) >= 11 is 0. The summed E-state index contributed by atoms with van der Waals surface area (Å²) in [6.07, 6.45) is 0.172. The fraction of sp³-hybridized carbons (Fsp3) is 0.458. The van der Waals surface area contributed by atoms with Crippen molar-refractivity contribution in [2.24, 2.45) is 0 Å². The van der Waals surface area contributed by atoms with Crippen molar-refractivity contribution < 1.29 is 17.9 Å². The van der Waals surface area contributed by atoms with E-state index in [2.05, 4.69) is 5.32 Å². The molecule has 1 fully saturated rings. The van der Waals surface area contributed by atoms with Gasteiger partial charge in [-0.15, -0.1) is 0 Å². The van der Waals surface area contributed by atoms with E-state index in [0.717, 1.165) is 16.7 Å². The zero-order valence-electron chi connectivity index (χ0n) is 19.1. The number of ether oxygens (including phenoxy) is 1. The van der Waals surface area contributed by atoms with Gasteiger partial charge in [-0.1, -0.05) is 42.0 Å². The summed E-state index contributed by atoms with van der Waals surface area (Å²) in [4.78, 5) is 14.7. The first kappa shape index (κ1) is 24.4. The van der Waals surface area contributed by atoms with Crippen LogP contribution in [0.2, 0.25) is 0 Å². The number of piperazine rings is 1. The van der Waals surface area contributed by atoms with Crippen molar-refractivity contribution in [3.63, 3.8) is 0 Å². The van der Waals surface area contributed by atoms with Crippen LogP contribution in [0.5, 0.6) is 0 Å². The van der Waals surface area contributed by atoms with Gasteiger partial charge >= 0.3 is 0 Å². The van der Waals surface area contributed by atoms with Gasteiger partial charge in [0.1, 0.15) is 0 Å². The first-order valence-corrected chi connectivity index (χ1v) is 12.4. The molecule has 0 atom stereocenters. The molecule has 1 aliphatic heterocycles. The number of hydrogen-bond donors (Lipinski definition) is 1. The maximum absolute atomic E-state index is 12.8. The minimum Gasteiger partial charge on any atom is -0.374 e. The van der Waals surface area contributed by atoms with E-state index in [0.29, 0.717) is 44.2 Å². The van der Waals surface area contributed by atoms with Crippen LogP contribution < -0.4 is 5.32 Å². The smallest absolute Gasteiger partial charge is 0.243 e. The molecule has 1 N–H and O–H groups in total. The molecular weight excluding hydrogens is 426 g/mol. The van der Waals surface area contributed by atoms with E-state index in [-0.39, 0.29) is 18.6 Å². The maximum Gasteiger partial charge on any atom is 0.243 e. The predicted octanol–water partition coefficient (Wildman–Crippen LogP) is 2.54. The van der Waals surface area contributed by atoms with Crippen molar-refractivity contribution in [1.82, 2.24) is 14.5 Å². The number of rotatable bonds is 9. The molecule has 7 nitrogen and oxygen atoms in total. The third-order valence-electron chi connectivity index (χ3n) is 5.42. The van der Waals surface area contributed by atoms with Crippen LogP contribution in [0.1, 0.15) is 30.5 Å². The van der Waals surface area contributed by atoms with Gasteiger partial charge in [0, 0.05) is 32.7 Å². The fourth-order valence-corrected chi connectivity index (χ4v) is 4.96. The Morgan fingerprint density at radius 2 is 1.69 bits per heavy atom. The number of hydrogen-bond acceptors (Lipinski definition) is 5. The van der Waals surface area contributed by atoms with Crippen LogP contribution in [0.3, 0.4) is 0 Å². The van der Waals surface area contributed by atoms with E-state index in [1.54, 1.807) is 24.3 Å². The summed E-state index contributed by atoms with van der Waals surface area (Å²) in [7, 11) is -3.50. The number of carbonyl (C=O) groups is 1. The van der Waals surface area contributed by atoms with E-state index in [9.17, 15) is 13.2 Å². The second kappa shape index (κ2) is 11.0. The highest BCUT2D eigenvalue weighted by atomic mass is 32.2. The number of nitrogens with one attached hydrogen (secondary N) is 1. The first-order valence-electron chi connectivity index (χ1n) is 11.0. The standard InChI is InChI=1S/C24H33N3O4S/c1-19(2)31-18-22-6-4-5-21(15-22)16-25-24(28)17-26-11-13-27(14-12-26)32(29,30)23-9-7-20(3)8-10-23/h4-10,15,19H,11-14,16-18H2,1-3H3,(H,25,28). The van der Waals surface area contributed by atoms with E-state index in [1.165, 1.54) is 4.31 Å². The monoisotopic (exact) mass is 459 g/mol. The van der Waals surface area contributed by atoms with Crippen molar-refractivity contribution in [2.75, 3.05) is 32.7 Å². The van der Waals surface area contributed by atoms with Crippen LogP contribution in [0, 0.1) is 6.92 Å². The maximum atomic E-state index is 12.8. The quantitative estimate of drug-likeness (QED) is 0.624. The van der Waals surface area contributed by atoms with E-state index >= 15 is 0 Å². The second-order valence-corrected chi connectivity index (χ2v) is 10.4. The number of nitrogens with zero attached hydrogens (tertiary/aromatic N) is 2. The molecule has 0 aromatic heterocycles. The molecule has 1 saturated heterocycles. The summed E-state index contributed by atoms with van der Waals surface area (Å²) in [5, 5.41) is 2.96. The Morgan fingerprint density at radius 1 is 1.03 bits per heavy atom. The van der Waals surface area contributed by atoms with Gasteiger partial charge in [0.15, 0.2) is 0 Å². The summed E-state index contributed by atoms with van der Waals surface area (Å²) < 4.78 is 32.8. The Kier molecular flexibility index (Phi) is 8.42. The lowest BCUT2D eigenvalue weighted by Gasteiger charge is -2.33.